The van der Waals surface area contributed by atoms with Gasteiger partial charge in [-0.05, 0) is 27.6 Å². The van der Waals surface area contributed by atoms with Crippen molar-refractivity contribution in [2.24, 2.45) is 0 Å². The predicted octanol–water partition coefficient (Wildman–Crippen LogP) is 2.06. The van der Waals surface area contributed by atoms with Crippen molar-refractivity contribution in [1.82, 2.24) is 9.55 Å². The number of thioether (sulfide) groups is 1. The largest absolute Gasteiger partial charge is 0.481 e. The van der Waals surface area contributed by atoms with E-state index in [0.717, 1.165) is 5.56 Å². The molecule has 0 aliphatic carbocycles. The number of aryl methyl sites for hydroxylation is 1. The van der Waals surface area contributed by atoms with E-state index < -0.39 is 10.9 Å². The molecule has 1 aromatic carbocycles. The fourth-order valence-electron chi connectivity index (χ4n) is 2.09. The smallest absolute Gasteiger partial charge is 0.381 e. The van der Waals surface area contributed by atoms with E-state index in [1.54, 1.807) is 25.1 Å². The van der Waals surface area contributed by atoms with Crippen LogP contribution in [0.4, 0.5) is 11.5 Å². The van der Waals surface area contributed by atoms with Crippen LogP contribution in [0.15, 0.2) is 30.5 Å². The third-order valence-electron chi connectivity index (χ3n) is 3.17. The van der Waals surface area contributed by atoms with Crippen LogP contribution in [0.5, 0.6) is 0 Å². The number of carboxylic acid groups (broad SMARTS) is 1. The van der Waals surface area contributed by atoms with Crippen LogP contribution in [0.3, 0.4) is 0 Å². The number of hydrogen-bond donors (Lipinski definition) is 2. The molecular weight excluding hydrogens is 348 g/mol. The Morgan fingerprint density at radius 2 is 2.20 bits per heavy atom. The van der Waals surface area contributed by atoms with Crippen molar-refractivity contribution < 1.29 is 19.6 Å². The van der Waals surface area contributed by atoms with Gasteiger partial charge in [-0.3, -0.25) is 14.2 Å². The first kappa shape index (κ1) is 18.5. The molecule has 25 heavy (non-hydrogen) atoms. The van der Waals surface area contributed by atoms with Gasteiger partial charge in [-0.2, -0.15) is 0 Å². The van der Waals surface area contributed by atoms with Gasteiger partial charge < -0.3 is 20.5 Å². The molecule has 0 fully saturated rings. The molecule has 2 aromatic rings. The van der Waals surface area contributed by atoms with Gasteiger partial charge in [0.2, 0.25) is 11.7 Å². The monoisotopic (exact) mass is 364 g/mol. The lowest BCUT2D eigenvalue weighted by atomic mass is 10.2. The molecule has 132 valence electrons. The van der Waals surface area contributed by atoms with Crippen LogP contribution in [0.1, 0.15) is 11.4 Å². The van der Waals surface area contributed by atoms with Crippen LogP contribution < -0.4 is 5.32 Å². The molecule has 0 spiro atoms. The summed E-state index contributed by atoms with van der Waals surface area (Å²) in [4.78, 5) is 36.5. The highest BCUT2D eigenvalue weighted by molar-refractivity contribution is 7.99. The van der Waals surface area contributed by atoms with Crippen LogP contribution in [0.2, 0.25) is 0 Å². The number of aromatic nitrogens is 2. The SMILES string of the molecule is Cc1nc([N+](=O)[O-])cn1CC(=O)Nc1cccc(CSCC(=O)O)c1. The second-order valence-electron chi connectivity index (χ2n) is 5.17. The molecule has 0 bridgehead atoms. The number of amides is 1. The maximum absolute atomic E-state index is 12.1. The molecule has 0 unspecified atom stereocenters. The molecule has 1 amide bonds. The molecule has 0 radical (unpaired) electrons. The summed E-state index contributed by atoms with van der Waals surface area (Å²) < 4.78 is 1.40. The van der Waals surface area contributed by atoms with Crippen molar-refractivity contribution in [2.45, 2.75) is 19.2 Å². The zero-order chi connectivity index (χ0) is 18.4. The average Bonchev–Trinajstić information content (AvgIpc) is 2.88. The molecule has 9 nitrogen and oxygen atoms in total. The maximum atomic E-state index is 12.1. The number of carbonyl (C=O) groups excluding carboxylic acids is 1. The van der Waals surface area contributed by atoms with Gasteiger partial charge in [-0.15, -0.1) is 11.8 Å². The van der Waals surface area contributed by atoms with Crippen LogP contribution >= 0.6 is 11.8 Å². The van der Waals surface area contributed by atoms with E-state index >= 15 is 0 Å². The van der Waals surface area contributed by atoms with Gasteiger partial charge in [-0.1, -0.05) is 12.1 Å². The van der Waals surface area contributed by atoms with Crippen molar-refractivity contribution in [3.8, 4) is 0 Å². The maximum Gasteiger partial charge on any atom is 0.381 e. The number of anilines is 1. The number of hydrogen-bond acceptors (Lipinski definition) is 6. The Balaban J connectivity index is 1.96. The first-order valence-corrected chi connectivity index (χ1v) is 8.37. The van der Waals surface area contributed by atoms with E-state index in [9.17, 15) is 19.7 Å². The van der Waals surface area contributed by atoms with Crippen LogP contribution in [-0.4, -0.2) is 37.2 Å². The van der Waals surface area contributed by atoms with Gasteiger partial charge in [0, 0.05) is 18.4 Å². The summed E-state index contributed by atoms with van der Waals surface area (Å²) >= 11 is 1.26. The Kier molecular flexibility index (Phi) is 6.12. The molecule has 0 saturated heterocycles. The minimum absolute atomic E-state index is 0.00920. The van der Waals surface area contributed by atoms with Crippen LogP contribution in [0.25, 0.3) is 0 Å². The van der Waals surface area contributed by atoms with Gasteiger partial charge in [0.05, 0.1) is 5.75 Å². The zero-order valence-corrected chi connectivity index (χ0v) is 14.2. The minimum Gasteiger partial charge on any atom is -0.481 e. The molecule has 0 atom stereocenters. The standard InChI is InChI=1S/C15H16N4O5S/c1-10-16-13(19(23)24)6-18(10)7-14(20)17-12-4-2-3-11(5-12)8-25-9-15(21)22/h2-6H,7-9H2,1H3,(H,17,20)(H,21,22). The summed E-state index contributed by atoms with van der Waals surface area (Å²) in [7, 11) is 0. The van der Waals surface area contributed by atoms with Crippen molar-refractivity contribution in [3.05, 3.63) is 52.0 Å². The molecule has 0 aliphatic heterocycles. The summed E-state index contributed by atoms with van der Waals surface area (Å²) in [6.45, 7) is 1.49. The molecule has 0 saturated carbocycles. The zero-order valence-electron chi connectivity index (χ0n) is 13.3. The van der Waals surface area contributed by atoms with Gasteiger partial charge in [0.1, 0.15) is 12.7 Å². The van der Waals surface area contributed by atoms with Crippen LogP contribution in [-0.2, 0) is 21.9 Å². The molecule has 10 heteroatoms. The number of carbonyl (C=O) groups is 2. The quantitative estimate of drug-likeness (QED) is 0.542. The van der Waals surface area contributed by atoms with Crippen molar-refractivity contribution in [2.75, 3.05) is 11.1 Å². The average molecular weight is 364 g/mol. The van der Waals surface area contributed by atoms with Gasteiger partial charge in [0.15, 0.2) is 0 Å². The van der Waals surface area contributed by atoms with Crippen LogP contribution in [0, 0.1) is 17.0 Å². The Morgan fingerprint density at radius 1 is 1.44 bits per heavy atom. The highest BCUT2D eigenvalue weighted by Gasteiger charge is 2.17. The predicted molar refractivity (Wildman–Crippen MR) is 92.5 cm³/mol. The van der Waals surface area contributed by atoms with Crippen molar-refractivity contribution in [3.63, 3.8) is 0 Å². The number of rotatable bonds is 8. The van der Waals surface area contributed by atoms with E-state index in [4.69, 9.17) is 5.11 Å². The first-order valence-electron chi connectivity index (χ1n) is 7.21. The lowest BCUT2D eigenvalue weighted by Crippen LogP contribution is -2.19. The van der Waals surface area contributed by atoms with Gasteiger partial charge >= 0.3 is 11.8 Å². The van der Waals surface area contributed by atoms with E-state index in [1.807, 2.05) is 6.07 Å². The van der Waals surface area contributed by atoms with Crippen molar-refractivity contribution in [1.29, 1.82) is 0 Å². The molecular formula is C15H16N4O5S. The summed E-state index contributed by atoms with van der Waals surface area (Å²) in [6, 6.07) is 7.08. The highest BCUT2D eigenvalue weighted by Crippen LogP contribution is 2.17. The Labute approximate surface area is 147 Å². The lowest BCUT2D eigenvalue weighted by molar-refractivity contribution is -0.389. The van der Waals surface area contributed by atoms with E-state index in [1.165, 1.54) is 22.5 Å². The Hall–Kier alpha value is -2.88. The minimum atomic E-state index is -0.876. The normalized spacial score (nSPS) is 10.4. The summed E-state index contributed by atoms with van der Waals surface area (Å²) in [6.07, 6.45) is 1.22. The highest BCUT2D eigenvalue weighted by atomic mass is 32.2. The third-order valence-corrected chi connectivity index (χ3v) is 4.16. The Bertz CT molecular complexity index is 805. The van der Waals surface area contributed by atoms with E-state index in [-0.39, 0.29) is 24.0 Å². The first-order chi connectivity index (χ1) is 11.8. The summed E-state index contributed by atoms with van der Waals surface area (Å²) in [5.41, 5.74) is 1.46. The number of aliphatic carboxylic acids is 1. The van der Waals surface area contributed by atoms with E-state index in [2.05, 4.69) is 10.3 Å². The van der Waals surface area contributed by atoms with Crippen molar-refractivity contribution >= 4 is 35.1 Å². The molecule has 2 N–H and O–H groups in total. The van der Waals surface area contributed by atoms with E-state index in [0.29, 0.717) is 17.3 Å². The molecule has 1 heterocycles. The van der Waals surface area contributed by atoms with Gasteiger partial charge in [-0.25, -0.2) is 0 Å². The number of nitro groups is 1. The molecule has 0 aliphatic rings. The number of nitrogens with one attached hydrogen (secondary N) is 1. The summed E-state index contributed by atoms with van der Waals surface area (Å²) in [5, 5.41) is 22.0. The Morgan fingerprint density at radius 3 is 2.84 bits per heavy atom. The third kappa shape index (κ3) is 5.60. The molecule has 1 aromatic heterocycles. The second-order valence-corrected chi connectivity index (χ2v) is 6.15. The lowest BCUT2D eigenvalue weighted by Gasteiger charge is -2.08. The molecule has 2 rings (SSSR count). The summed E-state index contributed by atoms with van der Waals surface area (Å²) in [5.74, 6) is -0.619. The fourth-order valence-corrected chi connectivity index (χ4v) is 2.78. The number of nitrogens with zero attached hydrogens (tertiary/aromatic N) is 3. The topological polar surface area (TPSA) is 127 Å². The second kappa shape index (κ2) is 8.29. The number of imidazole rings is 1. The number of carboxylic acids is 1. The number of benzene rings is 1. The van der Waals surface area contributed by atoms with Gasteiger partial charge in [0.25, 0.3) is 0 Å². The fraction of sp³-hybridized carbons (Fsp3) is 0.267.